The van der Waals surface area contributed by atoms with Crippen molar-refractivity contribution in [1.82, 2.24) is 0 Å². The lowest BCUT2D eigenvalue weighted by atomic mass is 9.92. The van der Waals surface area contributed by atoms with Gasteiger partial charge in [0.25, 0.3) is 0 Å². The van der Waals surface area contributed by atoms with Crippen LogP contribution in [0.15, 0.2) is 47.4 Å². The molecule has 0 aliphatic carbocycles. The lowest BCUT2D eigenvalue weighted by molar-refractivity contribution is -0.125. The summed E-state index contributed by atoms with van der Waals surface area (Å²) < 4.78 is 17.6. The Kier molecular flexibility index (Phi) is 4.91. The molecule has 1 aliphatic heterocycles. The van der Waals surface area contributed by atoms with Gasteiger partial charge in [0.1, 0.15) is 12.0 Å². The molecule has 0 N–H and O–H groups in total. The Hall–Kier alpha value is -1.46. The minimum Gasteiger partial charge on any atom is -0.612 e. The number of carbonyl (C=O) groups is 1. The molecule has 0 saturated heterocycles. The second-order valence-corrected chi connectivity index (χ2v) is 8.48. The number of benzene rings is 2. The zero-order valence-corrected chi connectivity index (χ0v) is 16.3. The third-order valence-electron chi connectivity index (χ3n) is 3.99. The van der Waals surface area contributed by atoms with Crippen molar-refractivity contribution in [3.05, 3.63) is 63.6 Å². The number of carbonyl (C=O) groups excluding carboxylic acids is 1. The van der Waals surface area contributed by atoms with E-state index in [1.807, 2.05) is 6.07 Å². The first-order chi connectivity index (χ1) is 11.7. The van der Waals surface area contributed by atoms with E-state index in [2.05, 4.69) is 0 Å². The van der Waals surface area contributed by atoms with E-state index in [4.69, 9.17) is 27.9 Å². The van der Waals surface area contributed by atoms with E-state index in [0.717, 1.165) is 0 Å². The van der Waals surface area contributed by atoms with Crippen LogP contribution in [0.5, 0.6) is 0 Å². The minimum atomic E-state index is -1.14. The summed E-state index contributed by atoms with van der Waals surface area (Å²) in [7, 11) is 0. The van der Waals surface area contributed by atoms with Gasteiger partial charge in [0.2, 0.25) is 5.78 Å². The molecule has 0 saturated carbocycles. The zero-order chi connectivity index (χ0) is 18.4. The summed E-state index contributed by atoms with van der Waals surface area (Å²) in [5.74, 6) is 0.277. The monoisotopic (exact) mass is 394 g/mol. The van der Waals surface area contributed by atoms with Crippen LogP contribution < -0.4 is 0 Å². The van der Waals surface area contributed by atoms with Crippen molar-refractivity contribution in [2.24, 2.45) is 0 Å². The molecule has 2 aromatic rings. The quantitative estimate of drug-likeness (QED) is 0.689. The van der Waals surface area contributed by atoms with Crippen LogP contribution in [0.2, 0.25) is 10.0 Å². The number of rotatable bonds is 3. The molecule has 0 amide bonds. The summed E-state index contributed by atoms with van der Waals surface area (Å²) >= 11 is 11.3. The molecule has 6 heteroatoms. The fraction of sp³-hybridized carbons (Fsp3) is 0.211. The van der Waals surface area contributed by atoms with E-state index in [1.54, 1.807) is 56.5 Å². The maximum Gasteiger partial charge on any atom is 0.210 e. The van der Waals surface area contributed by atoms with Gasteiger partial charge in [0.15, 0.2) is 10.5 Å². The molecule has 0 aromatic heterocycles. The summed E-state index contributed by atoms with van der Waals surface area (Å²) in [5, 5.41) is 0.914. The Balaban J connectivity index is 2.21. The summed E-state index contributed by atoms with van der Waals surface area (Å²) in [6.45, 7) is 3.44. The Bertz CT molecular complexity index is 888. The number of Topliss-reactive ketones (excluding diaryl/α,β-unsaturated/α-hetero) is 1. The van der Waals surface area contributed by atoms with Crippen LogP contribution in [0.1, 0.15) is 25.0 Å². The summed E-state index contributed by atoms with van der Waals surface area (Å²) in [5.41, 5.74) is 0.713. The van der Waals surface area contributed by atoms with E-state index < -0.39 is 16.8 Å². The predicted octanol–water partition coefficient (Wildman–Crippen LogP) is 4.98. The fourth-order valence-corrected chi connectivity index (χ4v) is 3.78. The molecule has 130 valence electrons. The standard InChI is InChI=1S/C19H16Cl2O3S/c1-19(2)18(22)16(11-5-4-6-12(20)9-11)17(24-19)14-8-7-13(25(3)23)10-15(14)21/h4-10H,1-3H3. The minimum absolute atomic E-state index is 0.135. The second kappa shape index (κ2) is 6.69. The number of hydrogen-bond acceptors (Lipinski definition) is 3. The number of hydrogen-bond donors (Lipinski definition) is 0. The molecular weight excluding hydrogens is 379 g/mol. The molecule has 2 aromatic carbocycles. The molecule has 3 rings (SSSR count). The van der Waals surface area contributed by atoms with Gasteiger partial charge in [-0.25, -0.2) is 0 Å². The lowest BCUT2D eigenvalue weighted by Crippen LogP contribution is -2.29. The number of ketones is 1. The van der Waals surface area contributed by atoms with E-state index in [9.17, 15) is 9.35 Å². The molecule has 1 atom stereocenters. The smallest absolute Gasteiger partial charge is 0.210 e. The van der Waals surface area contributed by atoms with E-state index >= 15 is 0 Å². The molecule has 0 fully saturated rings. The van der Waals surface area contributed by atoms with Crippen molar-refractivity contribution in [2.45, 2.75) is 24.3 Å². The Morgan fingerprint density at radius 1 is 1.12 bits per heavy atom. The highest BCUT2D eigenvalue weighted by Crippen LogP contribution is 2.43. The van der Waals surface area contributed by atoms with Crippen molar-refractivity contribution < 1.29 is 14.1 Å². The normalized spacial score (nSPS) is 17.6. The summed E-state index contributed by atoms with van der Waals surface area (Å²) in [6, 6.07) is 12.2. The topological polar surface area (TPSA) is 49.4 Å². The van der Waals surface area contributed by atoms with Crippen LogP contribution in [0.4, 0.5) is 0 Å². The van der Waals surface area contributed by atoms with Gasteiger partial charge >= 0.3 is 0 Å². The van der Waals surface area contributed by atoms with Crippen molar-refractivity contribution in [2.75, 3.05) is 6.26 Å². The average molecular weight is 395 g/mol. The Morgan fingerprint density at radius 3 is 2.44 bits per heavy atom. The molecule has 0 radical (unpaired) electrons. The van der Waals surface area contributed by atoms with Gasteiger partial charge in [0.05, 0.1) is 10.6 Å². The fourth-order valence-electron chi connectivity index (χ4n) is 2.71. The molecule has 0 bridgehead atoms. The Morgan fingerprint density at radius 2 is 1.84 bits per heavy atom. The SMILES string of the molecule is C[S+]([O-])c1ccc(C2=C(c3cccc(Cl)c3)C(=O)C(C)(C)O2)c(Cl)c1. The van der Waals surface area contributed by atoms with Crippen molar-refractivity contribution in [3.63, 3.8) is 0 Å². The molecule has 25 heavy (non-hydrogen) atoms. The molecular formula is C19H16Cl2O3S. The van der Waals surface area contributed by atoms with Crippen molar-refractivity contribution >= 4 is 51.5 Å². The highest BCUT2D eigenvalue weighted by molar-refractivity contribution is 7.90. The Labute approximate surface area is 159 Å². The van der Waals surface area contributed by atoms with E-state index in [-0.39, 0.29) is 5.78 Å². The van der Waals surface area contributed by atoms with Crippen molar-refractivity contribution in [1.29, 1.82) is 0 Å². The predicted molar refractivity (Wildman–Crippen MR) is 102 cm³/mol. The van der Waals surface area contributed by atoms with Gasteiger partial charge in [-0.3, -0.25) is 4.79 Å². The van der Waals surface area contributed by atoms with Crippen LogP contribution >= 0.6 is 23.2 Å². The van der Waals surface area contributed by atoms with Crippen LogP contribution in [0.3, 0.4) is 0 Å². The van der Waals surface area contributed by atoms with Crippen LogP contribution in [-0.2, 0) is 20.7 Å². The first-order valence-corrected chi connectivity index (χ1v) is 9.89. The van der Waals surface area contributed by atoms with E-state index in [0.29, 0.717) is 37.4 Å². The van der Waals surface area contributed by atoms with Crippen LogP contribution in [-0.4, -0.2) is 22.2 Å². The van der Waals surface area contributed by atoms with Gasteiger partial charge in [-0.2, -0.15) is 0 Å². The number of ether oxygens (including phenoxy) is 1. The third-order valence-corrected chi connectivity index (χ3v) is 5.45. The molecule has 1 aliphatic rings. The van der Waals surface area contributed by atoms with Gasteiger partial charge < -0.3 is 9.29 Å². The maximum absolute atomic E-state index is 12.9. The second-order valence-electron chi connectivity index (χ2n) is 6.25. The number of halogens is 2. The first-order valence-electron chi connectivity index (χ1n) is 7.58. The zero-order valence-electron chi connectivity index (χ0n) is 13.9. The molecule has 0 spiro atoms. The van der Waals surface area contributed by atoms with Gasteiger partial charge in [-0.1, -0.05) is 35.3 Å². The van der Waals surface area contributed by atoms with Gasteiger partial charge in [0, 0.05) is 16.7 Å². The largest absolute Gasteiger partial charge is 0.612 e. The van der Waals surface area contributed by atoms with Crippen LogP contribution in [0.25, 0.3) is 11.3 Å². The summed E-state index contributed by atoms with van der Waals surface area (Å²) in [6.07, 6.45) is 1.58. The lowest BCUT2D eigenvalue weighted by Gasteiger charge is -2.18. The summed E-state index contributed by atoms with van der Waals surface area (Å²) in [4.78, 5) is 13.5. The highest BCUT2D eigenvalue weighted by Gasteiger charge is 2.43. The highest BCUT2D eigenvalue weighted by atomic mass is 35.5. The first kappa shape index (κ1) is 18.3. The van der Waals surface area contributed by atoms with E-state index in [1.165, 1.54) is 0 Å². The molecule has 1 unspecified atom stereocenters. The van der Waals surface area contributed by atoms with Gasteiger partial charge in [-0.05, 0) is 54.9 Å². The van der Waals surface area contributed by atoms with Crippen LogP contribution in [0, 0.1) is 0 Å². The van der Waals surface area contributed by atoms with Gasteiger partial charge in [-0.15, -0.1) is 0 Å². The molecule has 1 heterocycles. The average Bonchev–Trinajstić information content (AvgIpc) is 2.77. The molecule has 3 nitrogen and oxygen atoms in total. The maximum atomic E-state index is 12.9. The third kappa shape index (κ3) is 3.44. The van der Waals surface area contributed by atoms with Crippen molar-refractivity contribution in [3.8, 4) is 0 Å².